The third kappa shape index (κ3) is 4.95. The molecule has 3 aliphatic heterocycles. The van der Waals surface area contributed by atoms with E-state index in [1.165, 1.54) is 55.7 Å². The van der Waals surface area contributed by atoms with E-state index in [4.69, 9.17) is 0 Å². The fourth-order valence-corrected chi connectivity index (χ4v) is 11.4. The van der Waals surface area contributed by atoms with E-state index in [0.717, 1.165) is 53.3 Å². The standard InChI is InChI=1S/C55H43BFN3/c1-54-30-15-31-55(54,2)60(48-29-27-41(57)34-45(48)54)44-35-51-53-52(36-44)59(43-23-14-20-39(32-43)37-16-6-3-7-17-37)50-33-40(38-18-8-4-9-19-38)26-28-47(50)56(53)46-24-12-13-25-49(46)58(51)42-21-10-5-11-22-42/h3-14,16-29,32-36H,15,30-31H2,1-2H3. The monoisotopic (exact) mass is 775 g/mol. The second kappa shape index (κ2) is 13.1. The van der Waals surface area contributed by atoms with E-state index in [-0.39, 0.29) is 23.5 Å². The van der Waals surface area contributed by atoms with Crippen LogP contribution in [0.1, 0.15) is 38.7 Å². The molecule has 4 aliphatic rings. The van der Waals surface area contributed by atoms with Gasteiger partial charge in [-0.2, -0.15) is 0 Å². The van der Waals surface area contributed by atoms with Crippen LogP contribution in [0.4, 0.5) is 49.9 Å². The highest BCUT2D eigenvalue weighted by atomic mass is 19.1. The van der Waals surface area contributed by atoms with Crippen molar-refractivity contribution in [2.45, 2.75) is 44.1 Å². The normalized spacial score (nSPS) is 19.4. The highest BCUT2D eigenvalue weighted by Gasteiger charge is 2.60. The van der Waals surface area contributed by atoms with Gasteiger partial charge in [0.25, 0.3) is 6.71 Å². The number of anilines is 8. The molecule has 8 aromatic carbocycles. The van der Waals surface area contributed by atoms with E-state index in [0.29, 0.717) is 0 Å². The Morgan fingerprint density at radius 3 is 1.78 bits per heavy atom. The van der Waals surface area contributed by atoms with Crippen molar-refractivity contribution in [1.82, 2.24) is 0 Å². The van der Waals surface area contributed by atoms with Crippen LogP contribution in [-0.4, -0.2) is 12.3 Å². The fraction of sp³-hybridized carbons (Fsp3) is 0.127. The van der Waals surface area contributed by atoms with Crippen LogP contribution in [0.5, 0.6) is 0 Å². The molecule has 0 saturated heterocycles. The van der Waals surface area contributed by atoms with E-state index in [9.17, 15) is 0 Å². The SMILES string of the molecule is CC12CCCC1(C)N(c1cc3c4c(c1)N(c1cccc(-c5ccccc5)c1)c1cc(-c5ccccc5)ccc1B4c1ccccc1N3c1ccccc1)c1ccc(F)cc12. The summed E-state index contributed by atoms with van der Waals surface area (Å²) in [6.45, 7) is 4.77. The molecule has 0 aromatic heterocycles. The second-order valence-corrected chi connectivity index (χ2v) is 17.4. The zero-order valence-corrected chi connectivity index (χ0v) is 33.8. The third-order valence-corrected chi connectivity index (χ3v) is 14.4. The van der Waals surface area contributed by atoms with Gasteiger partial charge in [0, 0.05) is 50.9 Å². The largest absolute Gasteiger partial charge is 0.334 e. The maximum atomic E-state index is 15.3. The number of para-hydroxylation sites is 2. The molecule has 0 N–H and O–H groups in total. The van der Waals surface area contributed by atoms with Gasteiger partial charge in [-0.3, -0.25) is 0 Å². The van der Waals surface area contributed by atoms with Gasteiger partial charge in [-0.25, -0.2) is 4.39 Å². The van der Waals surface area contributed by atoms with Gasteiger partial charge < -0.3 is 14.7 Å². The molecule has 60 heavy (non-hydrogen) atoms. The maximum Gasteiger partial charge on any atom is 0.252 e. The first kappa shape index (κ1) is 35.1. The summed E-state index contributed by atoms with van der Waals surface area (Å²) in [4.78, 5) is 7.59. The van der Waals surface area contributed by atoms with Crippen molar-refractivity contribution < 1.29 is 4.39 Å². The summed E-state index contributed by atoms with van der Waals surface area (Å²) in [6.07, 6.45) is 3.14. The number of hydrogen-bond acceptors (Lipinski definition) is 3. The molecule has 5 heteroatoms. The lowest BCUT2D eigenvalue weighted by Crippen LogP contribution is -2.61. The molecule has 1 fully saturated rings. The Balaban J connectivity index is 1.19. The Morgan fingerprint density at radius 2 is 1.05 bits per heavy atom. The zero-order chi connectivity index (χ0) is 40.2. The Morgan fingerprint density at radius 1 is 0.450 bits per heavy atom. The molecule has 8 aromatic rings. The average Bonchev–Trinajstić information content (AvgIpc) is 3.70. The van der Waals surface area contributed by atoms with Gasteiger partial charge in [0.05, 0.1) is 5.54 Å². The zero-order valence-electron chi connectivity index (χ0n) is 33.8. The molecule has 2 atom stereocenters. The molecule has 0 amide bonds. The third-order valence-electron chi connectivity index (χ3n) is 14.4. The topological polar surface area (TPSA) is 9.72 Å². The van der Waals surface area contributed by atoms with Crippen LogP contribution >= 0.6 is 0 Å². The molecule has 288 valence electrons. The predicted molar refractivity (Wildman–Crippen MR) is 249 cm³/mol. The van der Waals surface area contributed by atoms with Gasteiger partial charge in [-0.15, -0.1) is 0 Å². The summed E-state index contributed by atoms with van der Waals surface area (Å²) in [5, 5.41) is 0. The lowest BCUT2D eigenvalue weighted by molar-refractivity contribution is 0.330. The first-order chi connectivity index (χ1) is 29.4. The van der Waals surface area contributed by atoms with Crippen LogP contribution in [0.15, 0.2) is 188 Å². The molecule has 3 heterocycles. The molecule has 12 rings (SSSR count). The first-order valence-corrected chi connectivity index (χ1v) is 21.3. The number of hydrogen-bond donors (Lipinski definition) is 0. The minimum absolute atomic E-state index is 0.0131. The number of rotatable bonds is 5. The summed E-state index contributed by atoms with van der Waals surface area (Å²) < 4.78 is 15.3. The summed E-state index contributed by atoms with van der Waals surface area (Å²) in [7, 11) is 0. The average molecular weight is 776 g/mol. The van der Waals surface area contributed by atoms with E-state index >= 15 is 4.39 Å². The molecule has 3 nitrogen and oxygen atoms in total. The van der Waals surface area contributed by atoms with Crippen LogP contribution < -0.4 is 31.1 Å². The highest BCUT2D eigenvalue weighted by Crippen LogP contribution is 2.63. The summed E-state index contributed by atoms with van der Waals surface area (Å²) in [5.41, 5.74) is 18.3. The van der Waals surface area contributed by atoms with Gasteiger partial charge in [-0.1, -0.05) is 135 Å². The summed E-state index contributed by atoms with van der Waals surface area (Å²) in [6, 6.07) is 67.7. The van der Waals surface area contributed by atoms with E-state index in [1.54, 1.807) is 6.07 Å². The number of nitrogens with zero attached hydrogens (tertiary/aromatic N) is 3. The van der Waals surface area contributed by atoms with Gasteiger partial charge in [0.15, 0.2) is 0 Å². The predicted octanol–water partition coefficient (Wildman–Crippen LogP) is 12.6. The van der Waals surface area contributed by atoms with E-state index < -0.39 is 0 Å². The number of benzene rings is 8. The van der Waals surface area contributed by atoms with Crippen LogP contribution in [0.3, 0.4) is 0 Å². The van der Waals surface area contributed by atoms with Crippen molar-refractivity contribution in [1.29, 1.82) is 0 Å². The van der Waals surface area contributed by atoms with Crippen molar-refractivity contribution in [3.05, 3.63) is 199 Å². The van der Waals surface area contributed by atoms with Gasteiger partial charge >= 0.3 is 0 Å². The van der Waals surface area contributed by atoms with Gasteiger partial charge in [0.1, 0.15) is 5.82 Å². The fourth-order valence-electron chi connectivity index (χ4n) is 11.4. The molecule has 1 saturated carbocycles. The molecule has 0 bridgehead atoms. The summed E-state index contributed by atoms with van der Waals surface area (Å²) in [5.74, 6) is -0.170. The van der Waals surface area contributed by atoms with Crippen molar-refractivity contribution in [3.8, 4) is 22.3 Å². The lowest BCUT2D eigenvalue weighted by atomic mass is 9.33. The Hall–Kier alpha value is -6.85. The van der Waals surface area contributed by atoms with Crippen molar-refractivity contribution in [2.24, 2.45) is 0 Å². The van der Waals surface area contributed by atoms with E-state index in [1.807, 2.05) is 12.1 Å². The minimum atomic E-state index is -0.251. The molecule has 1 aliphatic carbocycles. The summed E-state index contributed by atoms with van der Waals surface area (Å²) >= 11 is 0. The molecule has 2 unspecified atom stereocenters. The maximum absolute atomic E-state index is 15.3. The molecule has 0 spiro atoms. The smallest absolute Gasteiger partial charge is 0.252 e. The van der Waals surface area contributed by atoms with Crippen LogP contribution in [0.25, 0.3) is 22.3 Å². The van der Waals surface area contributed by atoms with Gasteiger partial charge in [-0.05, 0) is 131 Å². The molecule has 0 radical (unpaired) electrons. The minimum Gasteiger partial charge on any atom is -0.334 e. The number of fused-ring (bicyclic) bond motifs is 7. The number of halogens is 1. The van der Waals surface area contributed by atoms with Crippen molar-refractivity contribution in [3.63, 3.8) is 0 Å². The second-order valence-electron chi connectivity index (χ2n) is 17.4. The van der Waals surface area contributed by atoms with Crippen molar-refractivity contribution >= 4 is 68.6 Å². The lowest BCUT2D eigenvalue weighted by Gasteiger charge is -2.47. The van der Waals surface area contributed by atoms with Crippen LogP contribution in [-0.2, 0) is 5.41 Å². The first-order valence-electron chi connectivity index (χ1n) is 21.3. The highest BCUT2D eigenvalue weighted by molar-refractivity contribution is 7.00. The van der Waals surface area contributed by atoms with Crippen LogP contribution in [0.2, 0.25) is 0 Å². The quantitative estimate of drug-likeness (QED) is 0.161. The Kier molecular flexibility index (Phi) is 7.66. The van der Waals surface area contributed by atoms with E-state index in [2.05, 4.69) is 198 Å². The Labute approximate surface area is 352 Å². The van der Waals surface area contributed by atoms with Crippen LogP contribution in [0, 0.1) is 5.82 Å². The molecular formula is C55H43BFN3. The molecular weight excluding hydrogens is 732 g/mol. The Bertz CT molecular complexity index is 2990. The van der Waals surface area contributed by atoms with Crippen molar-refractivity contribution in [2.75, 3.05) is 14.7 Å². The van der Waals surface area contributed by atoms with Gasteiger partial charge in [0.2, 0.25) is 0 Å².